The Balaban J connectivity index is 1.53. The summed E-state index contributed by atoms with van der Waals surface area (Å²) in [7, 11) is 0. The van der Waals surface area contributed by atoms with Crippen molar-refractivity contribution in [3.8, 4) is 5.75 Å². The molecule has 0 saturated carbocycles. The van der Waals surface area contributed by atoms with E-state index >= 15 is 0 Å². The number of hydrogen-bond donors (Lipinski definition) is 2. The van der Waals surface area contributed by atoms with Gasteiger partial charge < -0.3 is 15.0 Å². The second-order valence-corrected chi connectivity index (χ2v) is 9.71. The zero-order valence-electron chi connectivity index (χ0n) is 21.0. The zero-order valence-corrected chi connectivity index (χ0v) is 21.0. The number of fused-ring (bicyclic) bond motifs is 4. The Hall–Kier alpha value is -3.58. The molecule has 0 bridgehead atoms. The van der Waals surface area contributed by atoms with Crippen molar-refractivity contribution in [1.82, 2.24) is 20.1 Å². The van der Waals surface area contributed by atoms with E-state index in [1.807, 2.05) is 68.5 Å². The fourth-order valence-electron chi connectivity index (χ4n) is 5.62. The Labute approximate surface area is 212 Å². The van der Waals surface area contributed by atoms with Crippen LogP contribution in [0.4, 0.5) is 4.79 Å². The fraction of sp³-hybridized carbons (Fsp3) is 0.379. The molecule has 1 aromatic heterocycles. The molecule has 5 rings (SSSR count). The molecule has 7 nitrogen and oxygen atoms in total. The molecule has 0 radical (unpaired) electrons. The minimum Gasteiger partial charge on any atom is -0.494 e. The number of imide groups is 1. The molecule has 7 heteroatoms. The lowest BCUT2D eigenvalue weighted by Crippen LogP contribution is -2.53. The number of aromatic nitrogens is 1. The van der Waals surface area contributed by atoms with Gasteiger partial charge in [-0.25, -0.2) is 4.79 Å². The summed E-state index contributed by atoms with van der Waals surface area (Å²) in [6, 6.07) is 15.4. The van der Waals surface area contributed by atoms with Gasteiger partial charge >= 0.3 is 6.03 Å². The lowest BCUT2D eigenvalue weighted by molar-refractivity contribution is -0.133. The van der Waals surface area contributed by atoms with E-state index in [4.69, 9.17) is 4.74 Å². The second kappa shape index (κ2) is 9.82. The van der Waals surface area contributed by atoms with Gasteiger partial charge in [-0.2, -0.15) is 0 Å². The molecule has 1 saturated heterocycles. The quantitative estimate of drug-likeness (QED) is 0.245. The van der Waals surface area contributed by atoms with Crippen molar-refractivity contribution in [1.29, 1.82) is 0 Å². The SMILES string of the molecule is C=CCCNCCCN1C(=O)N2[C@H](c3ccccc3)c3[nH]c4ccc(OCC)cc4c3C[C@@]2(C)C1=O. The van der Waals surface area contributed by atoms with Crippen LogP contribution in [0, 0.1) is 0 Å². The third-order valence-corrected chi connectivity index (χ3v) is 7.32. The molecule has 3 heterocycles. The Morgan fingerprint density at radius 3 is 2.75 bits per heavy atom. The molecule has 36 heavy (non-hydrogen) atoms. The van der Waals surface area contributed by atoms with Crippen LogP contribution >= 0.6 is 0 Å². The molecule has 188 valence electrons. The van der Waals surface area contributed by atoms with Crippen molar-refractivity contribution < 1.29 is 14.3 Å². The van der Waals surface area contributed by atoms with E-state index in [0.717, 1.165) is 53.0 Å². The number of nitrogens with one attached hydrogen (secondary N) is 2. The molecule has 0 unspecified atom stereocenters. The number of ether oxygens (including phenoxy) is 1. The number of urea groups is 1. The van der Waals surface area contributed by atoms with Crippen molar-refractivity contribution in [2.24, 2.45) is 0 Å². The van der Waals surface area contributed by atoms with Crippen LogP contribution < -0.4 is 10.1 Å². The summed E-state index contributed by atoms with van der Waals surface area (Å²) in [6.07, 6.45) is 3.93. The van der Waals surface area contributed by atoms with Crippen molar-refractivity contribution >= 4 is 22.8 Å². The third-order valence-electron chi connectivity index (χ3n) is 7.32. The van der Waals surface area contributed by atoms with Gasteiger partial charge in [0.25, 0.3) is 5.91 Å². The standard InChI is InChI=1S/C29H34N4O3/c1-4-6-15-30-16-10-17-32-27(34)29(3)19-23-22-18-21(36-5-2)13-14-24(22)31-25(23)26(33(29)28(32)35)20-11-8-7-9-12-20/h4,7-9,11-14,18,26,30-31H,1,5-6,10,15-17,19H2,2-3H3/t26-,29+/m1/s1. The second-order valence-electron chi connectivity index (χ2n) is 9.71. The monoisotopic (exact) mass is 486 g/mol. The van der Waals surface area contributed by atoms with Crippen LogP contribution in [0.3, 0.4) is 0 Å². The lowest BCUT2D eigenvalue weighted by atomic mass is 9.81. The molecule has 3 amide bonds. The largest absolute Gasteiger partial charge is 0.494 e. The van der Waals surface area contributed by atoms with Gasteiger partial charge in [0, 0.05) is 29.6 Å². The zero-order chi connectivity index (χ0) is 25.3. The van der Waals surface area contributed by atoms with E-state index in [1.165, 1.54) is 4.90 Å². The molecule has 2 aliphatic heterocycles. The average molecular weight is 487 g/mol. The number of carbonyl (C=O) groups excluding carboxylic acids is 2. The van der Waals surface area contributed by atoms with Gasteiger partial charge in [-0.3, -0.25) is 14.6 Å². The molecule has 2 atom stereocenters. The van der Waals surface area contributed by atoms with Crippen molar-refractivity contribution in [2.75, 3.05) is 26.2 Å². The van der Waals surface area contributed by atoms with Gasteiger partial charge in [-0.15, -0.1) is 6.58 Å². The maximum absolute atomic E-state index is 13.8. The first-order chi connectivity index (χ1) is 17.5. The molecular weight excluding hydrogens is 452 g/mol. The maximum atomic E-state index is 13.8. The normalized spacial score (nSPS) is 21.1. The first-order valence-electron chi connectivity index (χ1n) is 12.8. The predicted molar refractivity (Wildman–Crippen MR) is 141 cm³/mol. The van der Waals surface area contributed by atoms with Crippen LogP contribution in [0.15, 0.2) is 61.2 Å². The Morgan fingerprint density at radius 2 is 2.00 bits per heavy atom. The average Bonchev–Trinajstić information content (AvgIpc) is 3.32. The van der Waals surface area contributed by atoms with Gasteiger partial charge in [-0.05, 0) is 69.1 Å². The molecule has 3 aromatic rings. The van der Waals surface area contributed by atoms with Gasteiger partial charge in [-0.1, -0.05) is 36.4 Å². The minimum absolute atomic E-state index is 0.125. The Bertz CT molecular complexity index is 1280. The summed E-state index contributed by atoms with van der Waals surface area (Å²) < 4.78 is 5.77. The minimum atomic E-state index is -0.961. The topological polar surface area (TPSA) is 77.7 Å². The van der Waals surface area contributed by atoms with Gasteiger partial charge in [0.15, 0.2) is 0 Å². The highest BCUT2D eigenvalue weighted by Crippen LogP contribution is 2.49. The number of amides is 3. The predicted octanol–water partition coefficient (Wildman–Crippen LogP) is 4.79. The molecule has 2 N–H and O–H groups in total. The van der Waals surface area contributed by atoms with Crippen molar-refractivity contribution in [3.63, 3.8) is 0 Å². The highest BCUT2D eigenvalue weighted by atomic mass is 16.5. The number of H-pyrrole nitrogens is 1. The van der Waals surface area contributed by atoms with Crippen LogP contribution in [-0.4, -0.2) is 58.5 Å². The number of benzene rings is 2. The number of aromatic amines is 1. The molecule has 1 fully saturated rings. The summed E-state index contributed by atoms with van der Waals surface area (Å²) in [4.78, 5) is 34.5. The maximum Gasteiger partial charge on any atom is 0.328 e. The number of nitrogens with zero attached hydrogens (tertiary/aromatic N) is 2. The highest BCUT2D eigenvalue weighted by Gasteiger charge is 2.59. The Morgan fingerprint density at radius 1 is 1.19 bits per heavy atom. The van der Waals surface area contributed by atoms with E-state index in [0.29, 0.717) is 26.0 Å². The lowest BCUT2D eigenvalue weighted by Gasteiger charge is -2.42. The van der Waals surface area contributed by atoms with Crippen LogP contribution in [0.5, 0.6) is 5.75 Å². The summed E-state index contributed by atoms with van der Waals surface area (Å²) in [5.74, 6) is 0.676. The molecule has 2 aliphatic rings. The number of carbonyl (C=O) groups is 2. The van der Waals surface area contributed by atoms with E-state index < -0.39 is 5.54 Å². The first kappa shape index (κ1) is 24.1. The Kier molecular flexibility index (Phi) is 6.58. The van der Waals surface area contributed by atoms with Crippen molar-refractivity contribution in [2.45, 2.75) is 44.7 Å². The van der Waals surface area contributed by atoms with Gasteiger partial charge in [0.1, 0.15) is 17.3 Å². The molecule has 0 spiro atoms. The summed E-state index contributed by atoms with van der Waals surface area (Å²) in [5, 5.41) is 4.39. The third kappa shape index (κ3) is 3.97. The van der Waals surface area contributed by atoms with Gasteiger partial charge in [0.05, 0.1) is 6.61 Å². The smallest absolute Gasteiger partial charge is 0.328 e. The van der Waals surface area contributed by atoms with Crippen LogP contribution in [0.25, 0.3) is 10.9 Å². The van der Waals surface area contributed by atoms with Crippen LogP contribution in [0.2, 0.25) is 0 Å². The number of hydrogen-bond acceptors (Lipinski definition) is 4. The molecule has 0 aliphatic carbocycles. The molecular formula is C29H34N4O3. The van der Waals surface area contributed by atoms with E-state index in [2.05, 4.69) is 16.9 Å². The van der Waals surface area contributed by atoms with E-state index in [9.17, 15) is 9.59 Å². The number of rotatable bonds is 10. The highest BCUT2D eigenvalue weighted by molar-refractivity contribution is 6.08. The van der Waals surface area contributed by atoms with E-state index in [-0.39, 0.29) is 18.0 Å². The fourth-order valence-corrected chi connectivity index (χ4v) is 5.62. The first-order valence-corrected chi connectivity index (χ1v) is 12.8. The summed E-state index contributed by atoms with van der Waals surface area (Å²) in [5.41, 5.74) is 3.05. The van der Waals surface area contributed by atoms with Crippen LogP contribution in [0.1, 0.15) is 49.6 Å². The summed E-state index contributed by atoms with van der Waals surface area (Å²) in [6.45, 7) is 10.2. The van der Waals surface area contributed by atoms with E-state index in [1.54, 1.807) is 4.90 Å². The summed E-state index contributed by atoms with van der Waals surface area (Å²) >= 11 is 0. The van der Waals surface area contributed by atoms with Gasteiger partial charge in [0.2, 0.25) is 0 Å². The van der Waals surface area contributed by atoms with Crippen molar-refractivity contribution in [3.05, 3.63) is 78.0 Å². The van der Waals surface area contributed by atoms with Crippen LogP contribution in [-0.2, 0) is 11.2 Å². The molecule has 2 aromatic carbocycles.